The van der Waals surface area contributed by atoms with Crippen molar-refractivity contribution >= 4 is 41.3 Å². The van der Waals surface area contributed by atoms with E-state index in [9.17, 15) is 24.0 Å². The second-order valence-electron chi connectivity index (χ2n) is 10.6. The Kier molecular flexibility index (Phi) is 9.23. The second-order valence-corrected chi connectivity index (χ2v) is 11.5. The quantitative estimate of drug-likeness (QED) is 0.236. The highest BCUT2D eigenvalue weighted by Gasteiger charge is 2.43. The number of carbonyl (C=O) groups excluding carboxylic acids is 5. The Hall–Kier alpha value is -3.74. The standard InChI is InChI=1S/C27H34N6O6S/c1-17(2)14-19(21(35)23-30-31-25(39-23)40-16-33-20(34)15-32(3)26(33)38)28-24(37)27(12-8-5-9-13-27)29-22(36)18-10-6-4-7-11-18/h4,6-7,10-11,17,19H,5,8-9,12-16H2,1-3H3,(H,28,37)(H,29,36)/t19-/m0/s1. The summed E-state index contributed by atoms with van der Waals surface area (Å²) in [4.78, 5) is 66.6. The number of rotatable bonds is 11. The summed E-state index contributed by atoms with van der Waals surface area (Å²) in [5, 5.41) is 13.6. The van der Waals surface area contributed by atoms with Crippen molar-refractivity contribution in [1.82, 2.24) is 30.6 Å². The van der Waals surface area contributed by atoms with Crippen molar-refractivity contribution in [1.29, 1.82) is 0 Å². The van der Waals surface area contributed by atoms with Gasteiger partial charge in [0, 0.05) is 12.6 Å². The van der Waals surface area contributed by atoms with Crippen LogP contribution in [0.3, 0.4) is 0 Å². The molecule has 0 radical (unpaired) electrons. The van der Waals surface area contributed by atoms with Crippen LogP contribution in [0.5, 0.6) is 0 Å². The van der Waals surface area contributed by atoms with E-state index in [4.69, 9.17) is 4.42 Å². The van der Waals surface area contributed by atoms with Gasteiger partial charge in [-0.15, -0.1) is 10.2 Å². The molecule has 0 unspecified atom stereocenters. The lowest BCUT2D eigenvalue weighted by Gasteiger charge is -2.37. The molecule has 1 aromatic carbocycles. The van der Waals surface area contributed by atoms with Crippen molar-refractivity contribution in [2.24, 2.45) is 5.92 Å². The summed E-state index contributed by atoms with van der Waals surface area (Å²) in [6.45, 7) is 3.85. The molecular formula is C27H34N6O6S. The Morgan fingerprint density at radius 3 is 2.40 bits per heavy atom. The number of ketones is 1. The van der Waals surface area contributed by atoms with E-state index in [1.54, 1.807) is 24.3 Å². The number of hydrogen-bond acceptors (Lipinski definition) is 9. The number of benzene rings is 1. The molecule has 2 heterocycles. The van der Waals surface area contributed by atoms with Gasteiger partial charge in [0.05, 0.1) is 11.9 Å². The number of amides is 5. The van der Waals surface area contributed by atoms with Gasteiger partial charge in [-0.25, -0.2) is 4.79 Å². The average molecular weight is 571 g/mol. The fraction of sp³-hybridized carbons (Fsp3) is 0.519. The molecule has 5 amide bonds. The van der Waals surface area contributed by atoms with Crippen molar-refractivity contribution in [3.8, 4) is 0 Å². The lowest BCUT2D eigenvalue weighted by Crippen LogP contribution is -2.62. The first-order chi connectivity index (χ1) is 19.1. The van der Waals surface area contributed by atoms with Crippen LogP contribution in [0, 0.1) is 5.92 Å². The van der Waals surface area contributed by atoms with Gasteiger partial charge >= 0.3 is 6.03 Å². The molecule has 1 saturated heterocycles. The molecule has 12 nitrogen and oxygen atoms in total. The summed E-state index contributed by atoms with van der Waals surface area (Å²) in [6, 6.07) is 7.33. The van der Waals surface area contributed by atoms with Gasteiger partial charge in [0.15, 0.2) is 0 Å². The zero-order valence-electron chi connectivity index (χ0n) is 22.8. The first kappa shape index (κ1) is 29.2. The van der Waals surface area contributed by atoms with Crippen molar-refractivity contribution in [2.45, 2.75) is 69.2 Å². The minimum absolute atomic E-state index is 0.00314. The third-order valence-corrected chi connectivity index (χ3v) is 7.82. The maximum Gasteiger partial charge on any atom is 0.327 e. The number of nitrogens with one attached hydrogen (secondary N) is 2. The van der Waals surface area contributed by atoms with Gasteiger partial charge in [0.25, 0.3) is 22.9 Å². The fourth-order valence-electron chi connectivity index (χ4n) is 4.87. The van der Waals surface area contributed by atoms with E-state index < -0.39 is 29.3 Å². The van der Waals surface area contributed by atoms with Crippen LogP contribution >= 0.6 is 11.8 Å². The number of carbonyl (C=O) groups is 5. The molecule has 40 heavy (non-hydrogen) atoms. The molecule has 1 aromatic heterocycles. The van der Waals surface area contributed by atoms with E-state index >= 15 is 0 Å². The summed E-state index contributed by atoms with van der Waals surface area (Å²) in [5.41, 5.74) is -0.687. The second kappa shape index (κ2) is 12.6. The number of hydrogen-bond donors (Lipinski definition) is 2. The molecule has 0 spiro atoms. The highest BCUT2D eigenvalue weighted by molar-refractivity contribution is 7.99. The van der Waals surface area contributed by atoms with Gasteiger partial charge < -0.3 is 20.0 Å². The number of nitrogens with zero attached hydrogens (tertiary/aromatic N) is 4. The SMILES string of the molecule is CC(C)C[C@H](NC(=O)C1(NC(=O)c2ccccc2)CCCCC1)C(=O)c1nnc(SCN2C(=O)CN(C)C2=O)o1. The predicted octanol–water partition coefficient (Wildman–Crippen LogP) is 2.86. The van der Waals surface area contributed by atoms with Crippen molar-refractivity contribution in [3.63, 3.8) is 0 Å². The Labute approximate surface area is 236 Å². The zero-order chi connectivity index (χ0) is 28.9. The Morgan fingerprint density at radius 1 is 1.07 bits per heavy atom. The van der Waals surface area contributed by atoms with Gasteiger partial charge in [-0.1, -0.05) is 51.3 Å². The number of Topliss-reactive ketones (excluding diaryl/α,β-unsaturated/α-hetero) is 1. The summed E-state index contributed by atoms with van der Waals surface area (Å²) >= 11 is 0.962. The molecule has 1 aliphatic carbocycles. The van der Waals surface area contributed by atoms with Crippen LogP contribution in [0.25, 0.3) is 0 Å². The van der Waals surface area contributed by atoms with E-state index in [2.05, 4.69) is 20.8 Å². The Morgan fingerprint density at radius 2 is 1.77 bits per heavy atom. The number of imide groups is 1. The first-order valence-corrected chi connectivity index (χ1v) is 14.3. The molecule has 1 aliphatic heterocycles. The average Bonchev–Trinajstić information content (AvgIpc) is 3.50. The summed E-state index contributed by atoms with van der Waals surface area (Å²) in [5.74, 6) is -1.91. The van der Waals surface area contributed by atoms with Crippen LogP contribution in [-0.2, 0) is 9.59 Å². The maximum atomic E-state index is 13.7. The van der Waals surface area contributed by atoms with E-state index in [1.807, 2.05) is 19.9 Å². The number of urea groups is 1. The molecule has 4 rings (SSSR count). The third-order valence-electron chi connectivity index (χ3n) is 7.02. The van der Waals surface area contributed by atoms with Crippen LogP contribution in [0.2, 0.25) is 0 Å². The van der Waals surface area contributed by atoms with E-state index in [0.717, 1.165) is 35.9 Å². The molecule has 13 heteroatoms. The lowest BCUT2D eigenvalue weighted by molar-refractivity contribution is -0.129. The molecule has 2 aromatic rings. The summed E-state index contributed by atoms with van der Waals surface area (Å²) in [6.07, 6.45) is 3.74. The minimum Gasteiger partial charge on any atom is -0.408 e. The molecule has 2 fully saturated rings. The fourth-order valence-corrected chi connectivity index (χ4v) is 5.61. The highest BCUT2D eigenvalue weighted by Crippen LogP contribution is 2.30. The number of aromatic nitrogens is 2. The topological polar surface area (TPSA) is 155 Å². The summed E-state index contributed by atoms with van der Waals surface area (Å²) < 4.78 is 5.55. The van der Waals surface area contributed by atoms with E-state index in [1.165, 1.54) is 11.9 Å². The molecule has 1 atom stereocenters. The summed E-state index contributed by atoms with van der Waals surface area (Å²) in [7, 11) is 1.53. The largest absolute Gasteiger partial charge is 0.408 e. The van der Waals surface area contributed by atoms with Crippen LogP contribution < -0.4 is 10.6 Å². The molecule has 1 saturated carbocycles. The van der Waals surface area contributed by atoms with Crippen LogP contribution in [0.4, 0.5) is 4.79 Å². The smallest absolute Gasteiger partial charge is 0.327 e. The number of thioether (sulfide) groups is 1. The van der Waals surface area contributed by atoms with E-state index in [0.29, 0.717) is 24.8 Å². The predicted molar refractivity (Wildman–Crippen MR) is 145 cm³/mol. The molecule has 2 aliphatic rings. The Balaban J connectivity index is 1.46. The maximum absolute atomic E-state index is 13.7. The molecule has 0 bridgehead atoms. The van der Waals surface area contributed by atoms with E-state index in [-0.39, 0.29) is 41.3 Å². The normalized spacial score (nSPS) is 17.7. The van der Waals surface area contributed by atoms with Gasteiger partial charge in [0.1, 0.15) is 12.1 Å². The number of likely N-dealkylation sites (N-methyl/N-ethyl adjacent to an activating group) is 1. The van der Waals surface area contributed by atoms with Crippen LogP contribution in [-0.4, -0.2) is 80.6 Å². The molecule has 2 N–H and O–H groups in total. The molecule has 214 valence electrons. The first-order valence-electron chi connectivity index (χ1n) is 13.3. The van der Waals surface area contributed by atoms with Crippen molar-refractivity contribution in [2.75, 3.05) is 19.5 Å². The third kappa shape index (κ3) is 6.69. The van der Waals surface area contributed by atoms with Gasteiger partial charge in [-0.05, 0) is 49.1 Å². The monoisotopic (exact) mass is 570 g/mol. The van der Waals surface area contributed by atoms with Crippen LogP contribution in [0.15, 0.2) is 40.0 Å². The van der Waals surface area contributed by atoms with Gasteiger partial charge in [0.2, 0.25) is 11.7 Å². The zero-order valence-corrected chi connectivity index (χ0v) is 23.7. The molecular weight excluding hydrogens is 536 g/mol. The minimum atomic E-state index is -1.14. The van der Waals surface area contributed by atoms with Crippen molar-refractivity contribution < 1.29 is 28.4 Å². The van der Waals surface area contributed by atoms with Gasteiger partial charge in [-0.3, -0.25) is 24.1 Å². The van der Waals surface area contributed by atoms with Crippen LogP contribution in [0.1, 0.15) is 73.4 Å². The lowest BCUT2D eigenvalue weighted by atomic mass is 9.80. The van der Waals surface area contributed by atoms with Crippen molar-refractivity contribution in [3.05, 3.63) is 41.8 Å². The highest BCUT2D eigenvalue weighted by atomic mass is 32.2. The van der Waals surface area contributed by atoms with Gasteiger partial charge in [-0.2, -0.15) is 0 Å². The Bertz CT molecular complexity index is 1260.